The largest absolute Gasteiger partial charge is 0.445 e. The number of rotatable bonds is 16. The third-order valence-corrected chi connectivity index (χ3v) is 8.14. The smallest absolute Gasteiger partial charge is 0.407 e. The van der Waals surface area contributed by atoms with Gasteiger partial charge in [0.1, 0.15) is 6.61 Å². The van der Waals surface area contributed by atoms with Crippen LogP contribution in [0, 0.1) is 11.8 Å². The van der Waals surface area contributed by atoms with E-state index in [0.29, 0.717) is 26.1 Å². The molecule has 4 rings (SSSR count). The number of carbonyl (C=O) groups is 4. The molecule has 0 aliphatic carbocycles. The number of aliphatic hydroxyl groups is 1. The number of benzene rings is 3. The zero-order valence-corrected chi connectivity index (χ0v) is 26.5. The van der Waals surface area contributed by atoms with Crippen molar-refractivity contribution in [3.05, 3.63) is 108 Å². The van der Waals surface area contributed by atoms with Crippen molar-refractivity contribution >= 4 is 23.8 Å². The number of nitrogens with one attached hydrogen (secondary N) is 4. The monoisotopic (exact) mass is 644 g/mol. The molecule has 0 aromatic heterocycles. The van der Waals surface area contributed by atoms with Gasteiger partial charge in [-0.3, -0.25) is 14.4 Å². The molecule has 1 unspecified atom stereocenters. The van der Waals surface area contributed by atoms with Crippen molar-refractivity contribution in [3.8, 4) is 0 Å². The molecule has 250 valence electrons. The molecule has 2 atom stereocenters. The Morgan fingerprint density at radius 1 is 0.787 bits per heavy atom. The molecule has 1 aliphatic rings. The highest BCUT2D eigenvalue weighted by Crippen LogP contribution is 2.24. The second-order valence-electron chi connectivity index (χ2n) is 11.7. The van der Waals surface area contributed by atoms with E-state index in [2.05, 4.69) is 21.3 Å². The van der Waals surface area contributed by atoms with E-state index >= 15 is 0 Å². The molecule has 3 aromatic rings. The molecule has 1 fully saturated rings. The summed E-state index contributed by atoms with van der Waals surface area (Å²) in [6.45, 7) is 1.15. The molecule has 4 amide bonds. The molecule has 0 radical (unpaired) electrons. The zero-order valence-electron chi connectivity index (χ0n) is 26.5. The van der Waals surface area contributed by atoms with Crippen LogP contribution < -0.4 is 21.3 Å². The van der Waals surface area contributed by atoms with Crippen molar-refractivity contribution in [1.82, 2.24) is 21.3 Å². The van der Waals surface area contributed by atoms with E-state index in [4.69, 9.17) is 9.47 Å². The van der Waals surface area contributed by atoms with Crippen LogP contribution in [-0.2, 0) is 43.4 Å². The number of alkyl carbamates (subject to hydrolysis) is 1. The summed E-state index contributed by atoms with van der Waals surface area (Å²) in [5.41, 5.74) is 0.548. The fourth-order valence-electron chi connectivity index (χ4n) is 5.42. The van der Waals surface area contributed by atoms with E-state index in [1.807, 2.05) is 91.0 Å². The van der Waals surface area contributed by atoms with Crippen molar-refractivity contribution in [2.24, 2.45) is 11.8 Å². The maximum atomic E-state index is 13.6. The average Bonchev–Trinajstić information content (AvgIpc) is 3.10. The molecule has 11 heteroatoms. The van der Waals surface area contributed by atoms with Crippen LogP contribution in [0.1, 0.15) is 36.0 Å². The second kappa shape index (κ2) is 18.4. The molecule has 0 spiro atoms. The first-order valence-corrected chi connectivity index (χ1v) is 16.0. The van der Waals surface area contributed by atoms with Gasteiger partial charge in [0.15, 0.2) is 5.60 Å². The van der Waals surface area contributed by atoms with Crippen LogP contribution in [0.2, 0.25) is 0 Å². The number of carbonyl (C=O) groups excluding carboxylic acids is 4. The summed E-state index contributed by atoms with van der Waals surface area (Å²) >= 11 is 0. The summed E-state index contributed by atoms with van der Waals surface area (Å²) in [5.74, 6) is -1.98. The third-order valence-electron chi connectivity index (χ3n) is 8.14. The normalized spacial score (nSPS) is 15.0. The van der Waals surface area contributed by atoms with Crippen LogP contribution in [0.15, 0.2) is 91.0 Å². The number of hydrogen-bond donors (Lipinski definition) is 5. The van der Waals surface area contributed by atoms with E-state index < -0.39 is 23.5 Å². The summed E-state index contributed by atoms with van der Waals surface area (Å²) in [5, 5.41) is 22.7. The Labute approximate surface area is 275 Å². The summed E-state index contributed by atoms with van der Waals surface area (Å²) < 4.78 is 10.7. The molecule has 11 nitrogen and oxygen atoms in total. The SMILES string of the molecule is O=C(CCNC(=O)OCc1ccccc1)NCC(C(=O)NC[C@](O)(Cc1ccccc1)C(=O)NCc1ccccc1)C1CCOCC1. The quantitative estimate of drug-likeness (QED) is 0.161. The standard InChI is InChI=1S/C36H44N4O7/c41-32(16-19-37-35(44)47-25-29-14-8-3-9-15-29)38-24-31(30-17-20-46-21-18-30)33(42)40-26-36(45,22-27-10-4-1-5-11-27)34(43)39-23-28-12-6-2-7-13-28/h1-15,30-31,45H,16-26H2,(H,37,44)(H,38,41)(H,39,43)(H,40,42)/t31?,36-/m1/s1. The van der Waals surface area contributed by atoms with Gasteiger partial charge in [-0.05, 0) is 35.4 Å². The van der Waals surface area contributed by atoms with Gasteiger partial charge in [-0.15, -0.1) is 0 Å². The maximum Gasteiger partial charge on any atom is 0.407 e. The van der Waals surface area contributed by atoms with Crippen molar-refractivity contribution in [1.29, 1.82) is 0 Å². The molecule has 47 heavy (non-hydrogen) atoms. The van der Waals surface area contributed by atoms with E-state index in [9.17, 15) is 24.3 Å². The summed E-state index contributed by atoms with van der Waals surface area (Å²) in [6, 6.07) is 27.7. The lowest BCUT2D eigenvalue weighted by Crippen LogP contribution is -2.56. The summed E-state index contributed by atoms with van der Waals surface area (Å²) in [6.07, 6.45) is 0.634. The number of amides is 4. The first-order chi connectivity index (χ1) is 22.8. The highest BCUT2D eigenvalue weighted by Gasteiger charge is 2.38. The first-order valence-electron chi connectivity index (χ1n) is 16.0. The van der Waals surface area contributed by atoms with Gasteiger partial charge in [-0.2, -0.15) is 0 Å². The van der Waals surface area contributed by atoms with E-state index in [1.165, 1.54) is 0 Å². The van der Waals surface area contributed by atoms with Gasteiger partial charge in [0, 0.05) is 45.7 Å². The van der Waals surface area contributed by atoms with Gasteiger partial charge in [-0.25, -0.2) is 4.79 Å². The van der Waals surface area contributed by atoms with Crippen LogP contribution in [-0.4, -0.2) is 67.4 Å². The highest BCUT2D eigenvalue weighted by molar-refractivity contribution is 5.87. The number of ether oxygens (including phenoxy) is 2. The molecular weight excluding hydrogens is 600 g/mol. The van der Waals surface area contributed by atoms with Crippen LogP contribution in [0.4, 0.5) is 4.79 Å². The molecule has 1 heterocycles. The fraction of sp³-hybridized carbons (Fsp3) is 0.389. The second-order valence-corrected chi connectivity index (χ2v) is 11.7. The molecule has 1 saturated heterocycles. The lowest BCUT2D eigenvalue weighted by molar-refractivity contribution is -0.141. The number of hydrogen-bond acceptors (Lipinski definition) is 7. The van der Waals surface area contributed by atoms with Crippen LogP contribution in [0.25, 0.3) is 0 Å². The molecule has 0 bridgehead atoms. The Balaban J connectivity index is 1.31. The lowest BCUT2D eigenvalue weighted by atomic mass is 9.84. The van der Waals surface area contributed by atoms with Crippen molar-refractivity contribution in [2.45, 2.75) is 44.4 Å². The van der Waals surface area contributed by atoms with E-state index in [-0.39, 0.29) is 63.4 Å². The maximum absolute atomic E-state index is 13.6. The van der Waals surface area contributed by atoms with Crippen molar-refractivity contribution < 1.29 is 33.8 Å². The minimum absolute atomic E-state index is 0.000958. The predicted molar refractivity (Wildman–Crippen MR) is 176 cm³/mol. The van der Waals surface area contributed by atoms with Crippen LogP contribution in [0.3, 0.4) is 0 Å². The molecule has 0 saturated carbocycles. The predicted octanol–water partition coefficient (Wildman–Crippen LogP) is 2.87. The Morgan fingerprint density at radius 2 is 1.38 bits per heavy atom. The Kier molecular flexibility index (Phi) is 13.8. The molecule has 1 aliphatic heterocycles. The Hall–Kier alpha value is -4.74. The lowest BCUT2D eigenvalue weighted by Gasteiger charge is -2.32. The molecular formula is C36H44N4O7. The van der Waals surface area contributed by atoms with Gasteiger partial charge < -0.3 is 35.8 Å². The highest BCUT2D eigenvalue weighted by atomic mass is 16.5. The third kappa shape index (κ3) is 11.8. The van der Waals surface area contributed by atoms with Gasteiger partial charge in [0.05, 0.1) is 12.5 Å². The summed E-state index contributed by atoms with van der Waals surface area (Å²) in [7, 11) is 0. The molecule has 5 N–H and O–H groups in total. The minimum Gasteiger partial charge on any atom is -0.445 e. The van der Waals surface area contributed by atoms with Crippen LogP contribution >= 0.6 is 0 Å². The van der Waals surface area contributed by atoms with E-state index in [1.54, 1.807) is 0 Å². The van der Waals surface area contributed by atoms with Gasteiger partial charge in [0.25, 0.3) is 5.91 Å². The topological polar surface area (TPSA) is 155 Å². The Morgan fingerprint density at radius 3 is 2.02 bits per heavy atom. The molecule has 3 aromatic carbocycles. The van der Waals surface area contributed by atoms with Crippen molar-refractivity contribution in [2.75, 3.05) is 32.8 Å². The summed E-state index contributed by atoms with van der Waals surface area (Å²) in [4.78, 5) is 51.7. The van der Waals surface area contributed by atoms with Crippen molar-refractivity contribution in [3.63, 3.8) is 0 Å². The van der Waals surface area contributed by atoms with Gasteiger partial charge in [-0.1, -0.05) is 91.0 Å². The fourth-order valence-corrected chi connectivity index (χ4v) is 5.42. The van der Waals surface area contributed by atoms with E-state index in [0.717, 1.165) is 16.7 Å². The van der Waals surface area contributed by atoms with Gasteiger partial charge >= 0.3 is 6.09 Å². The zero-order chi connectivity index (χ0) is 33.3. The average molecular weight is 645 g/mol. The van der Waals surface area contributed by atoms with Gasteiger partial charge in [0.2, 0.25) is 11.8 Å². The first kappa shape index (κ1) is 35.1. The Bertz CT molecular complexity index is 1420. The van der Waals surface area contributed by atoms with Crippen LogP contribution in [0.5, 0.6) is 0 Å². The minimum atomic E-state index is -1.92.